The molecule has 0 aliphatic carbocycles. The fourth-order valence-corrected chi connectivity index (χ4v) is 4.51. The monoisotopic (exact) mass is 397 g/mol. The molecular weight excluding hydrogens is 374 g/mol. The molecule has 1 aliphatic heterocycles. The highest BCUT2D eigenvalue weighted by atomic mass is 32.1. The molecule has 8 heteroatoms. The molecule has 0 radical (unpaired) electrons. The number of para-hydroxylation sites is 1. The molecule has 3 amide bonds. The number of aromatic nitrogens is 1. The van der Waals surface area contributed by atoms with E-state index in [-0.39, 0.29) is 11.9 Å². The van der Waals surface area contributed by atoms with Gasteiger partial charge in [-0.3, -0.25) is 4.79 Å². The van der Waals surface area contributed by atoms with Crippen LogP contribution in [0.3, 0.4) is 0 Å². The summed E-state index contributed by atoms with van der Waals surface area (Å²) >= 11 is 1.34. The van der Waals surface area contributed by atoms with Crippen LogP contribution in [0.1, 0.15) is 28.9 Å². The maximum absolute atomic E-state index is 12.9. The number of amides is 3. The number of nitrogens with one attached hydrogen (secondary N) is 4. The number of aromatic amines is 1. The molecule has 0 saturated carbocycles. The summed E-state index contributed by atoms with van der Waals surface area (Å²) in [5.41, 5.74) is 7.66. The minimum atomic E-state index is -0.689. The van der Waals surface area contributed by atoms with Crippen molar-refractivity contribution >= 4 is 39.9 Å². The van der Waals surface area contributed by atoms with Crippen molar-refractivity contribution in [2.45, 2.75) is 25.3 Å². The van der Waals surface area contributed by atoms with Crippen molar-refractivity contribution < 1.29 is 9.59 Å². The minimum absolute atomic E-state index is 0.0788. The second-order valence-electron chi connectivity index (χ2n) is 6.98. The van der Waals surface area contributed by atoms with Crippen molar-refractivity contribution in [1.82, 2.24) is 15.6 Å². The molecule has 1 fully saturated rings. The standard InChI is InChI=1S/C20H23N5O2S/c21-20(27)25-16-10-17(15-9-12-5-1-2-7-14(12)24-15)28-18(16)19(26)23-13-6-3-4-8-22-11-13/h1-2,5,7,9-10,13,22,24H,3-4,6,8,11H2,(H,23,26)(H3,21,25,27)/t13-/m0/s1. The molecule has 2 aromatic heterocycles. The molecule has 6 N–H and O–H groups in total. The number of anilines is 1. The third-order valence-electron chi connectivity index (χ3n) is 4.87. The molecule has 3 aromatic rings. The van der Waals surface area contributed by atoms with E-state index >= 15 is 0 Å². The highest BCUT2D eigenvalue weighted by Gasteiger charge is 2.22. The van der Waals surface area contributed by atoms with Gasteiger partial charge in [-0.1, -0.05) is 24.6 Å². The van der Waals surface area contributed by atoms with Crippen LogP contribution in [0, 0.1) is 0 Å². The highest BCUT2D eigenvalue weighted by molar-refractivity contribution is 7.18. The fourth-order valence-electron chi connectivity index (χ4n) is 3.52. The van der Waals surface area contributed by atoms with Crippen molar-refractivity contribution in [3.05, 3.63) is 41.3 Å². The molecular formula is C20H23N5O2S. The lowest BCUT2D eigenvalue weighted by molar-refractivity contribution is 0.0940. The molecule has 4 rings (SSSR count). The lowest BCUT2D eigenvalue weighted by Gasteiger charge is -2.16. The van der Waals surface area contributed by atoms with Crippen LogP contribution < -0.4 is 21.7 Å². The maximum atomic E-state index is 12.9. The zero-order valence-electron chi connectivity index (χ0n) is 15.4. The van der Waals surface area contributed by atoms with E-state index in [1.165, 1.54) is 11.3 Å². The Kier molecular flexibility index (Phi) is 5.31. The Balaban J connectivity index is 1.63. The lowest BCUT2D eigenvalue weighted by atomic mass is 10.1. The van der Waals surface area contributed by atoms with Crippen LogP contribution in [0.2, 0.25) is 0 Å². The van der Waals surface area contributed by atoms with Crippen molar-refractivity contribution in [3.8, 4) is 10.6 Å². The van der Waals surface area contributed by atoms with Crippen molar-refractivity contribution in [1.29, 1.82) is 0 Å². The van der Waals surface area contributed by atoms with Gasteiger partial charge in [0.1, 0.15) is 4.88 Å². The number of benzene rings is 1. The number of hydrogen-bond donors (Lipinski definition) is 5. The second-order valence-corrected chi connectivity index (χ2v) is 8.04. The minimum Gasteiger partial charge on any atom is -0.354 e. The molecule has 1 saturated heterocycles. The number of rotatable bonds is 4. The van der Waals surface area contributed by atoms with E-state index in [1.807, 2.05) is 30.3 Å². The number of primary amides is 1. The van der Waals surface area contributed by atoms with E-state index in [9.17, 15) is 9.59 Å². The predicted octanol–water partition coefficient (Wildman–Crippen LogP) is 3.26. The first-order chi connectivity index (χ1) is 13.6. The second kappa shape index (κ2) is 8.04. The Bertz CT molecular complexity index is 968. The molecule has 0 spiro atoms. The van der Waals surface area contributed by atoms with Gasteiger partial charge in [0.2, 0.25) is 0 Å². The zero-order chi connectivity index (χ0) is 19.5. The van der Waals surface area contributed by atoms with Gasteiger partial charge in [-0.25, -0.2) is 4.79 Å². The van der Waals surface area contributed by atoms with E-state index in [4.69, 9.17) is 5.73 Å². The Morgan fingerprint density at radius 2 is 2.04 bits per heavy atom. The fraction of sp³-hybridized carbons (Fsp3) is 0.300. The van der Waals surface area contributed by atoms with Crippen LogP contribution in [0.5, 0.6) is 0 Å². The number of thiophene rings is 1. The summed E-state index contributed by atoms with van der Waals surface area (Å²) in [6.07, 6.45) is 3.14. The Morgan fingerprint density at radius 1 is 1.18 bits per heavy atom. The number of urea groups is 1. The van der Waals surface area contributed by atoms with Crippen LogP contribution >= 0.6 is 11.3 Å². The number of nitrogens with two attached hydrogens (primary N) is 1. The van der Waals surface area contributed by atoms with E-state index < -0.39 is 6.03 Å². The molecule has 7 nitrogen and oxygen atoms in total. The third-order valence-corrected chi connectivity index (χ3v) is 6.04. The van der Waals surface area contributed by atoms with Crippen LogP contribution in [-0.2, 0) is 0 Å². The topological polar surface area (TPSA) is 112 Å². The number of H-pyrrole nitrogens is 1. The van der Waals surface area contributed by atoms with E-state index in [0.29, 0.717) is 10.6 Å². The van der Waals surface area contributed by atoms with Crippen LogP contribution in [0.4, 0.5) is 10.5 Å². The van der Waals surface area contributed by atoms with E-state index in [2.05, 4.69) is 20.9 Å². The maximum Gasteiger partial charge on any atom is 0.316 e. The van der Waals surface area contributed by atoms with Gasteiger partial charge in [0.05, 0.1) is 16.3 Å². The van der Waals surface area contributed by atoms with Gasteiger partial charge in [-0.2, -0.15) is 0 Å². The molecule has 28 heavy (non-hydrogen) atoms. The van der Waals surface area contributed by atoms with Gasteiger partial charge in [-0.15, -0.1) is 11.3 Å². The normalized spacial score (nSPS) is 17.2. The van der Waals surface area contributed by atoms with Crippen LogP contribution in [0.25, 0.3) is 21.5 Å². The van der Waals surface area contributed by atoms with Gasteiger partial charge in [-0.05, 0) is 37.6 Å². The van der Waals surface area contributed by atoms with Gasteiger partial charge in [0, 0.05) is 23.5 Å². The largest absolute Gasteiger partial charge is 0.354 e. The number of hydrogen-bond acceptors (Lipinski definition) is 4. The Morgan fingerprint density at radius 3 is 2.86 bits per heavy atom. The summed E-state index contributed by atoms with van der Waals surface area (Å²) in [6, 6.07) is 11.2. The highest BCUT2D eigenvalue weighted by Crippen LogP contribution is 2.36. The molecule has 3 heterocycles. The lowest BCUT2D eigenvalue weighted by Crippen LogP contribution is -2.40. The molecule has 1 aromatic carbocycles. The molecule has 0 unspecified atom stereocenters. The summed E-state index contributed by atoms with van der Waals surface area (Å²) in [4.78, 5) is 29.0. The smallest absolute Gasteiger partial charge is 0.316 e. The van der Waals surface area contributed by atoms with Gasteiger partial charge >= 0.3 is 6.03 Å². The Labute approximate surface area is 166 Å². The van der Waals surface area contributed by atoms with Crippen molar-refractivity contribution in [2.24, 2.45) is 5.73 Å². The average Bonchev–Trinajstić information content (AvgIpc) is 3.19. The number of carbonyl (C=O) groups is 2. The summed E-state index contributed by atoms with van der Waals surface area (Å²) in [7, 11) is 0. The van der Waals surface area contributed by atoms with Gasteiger partial charge in [0.25, 0.3) is 5.91 Å². The van der Waals surface area contributed by atoms with E-state index in [0.717, 1.165) is 53.8 Å². The first kappa shape index (κ1) is 18.5. The first-order valence-electron chi connectivity index (χ1n) is 9.40. The molecule has 0 bridgehead atoms. The molecule has 1 aliphatic rings. The first-order valence-corrected chi connectivity index (χ1v) is 10.2. The van der Waals surface area contributed by atoms with Crippen LogP contribution in [0.15, 0.2) is 36.4 Å². The van der Waals surface area contributed by atoms with Gasteiger partial charge < -0.3 is 26.7 Å². The zero-order valence-corrected chi connectivity index (χ0v) is 16.2. The predicted molar refractivity (Wildman–Crippen MR) is 113 cm³/mol. The van der Waals surface area contributed by atoms with Crippen molar-refractivity contribution in [2.75, 3.05) is 18.4 Å². The number of carbonyl (C=O) groups excluding carboxylic acids is 2. The summed E-state index contributed by atoms with van der Waals surface area (Å²) < 4.78 is 0. The average molecular weight is 398 g/mol. The number of fused-ring (bicyclic) bond motifs is 1. The quantitative estimate of drug-likeness (QED) is 0.466. The molecule has 1 atom stereocenters. The summed E-state index contributed by atoms with van der Waals surface area (Å²) in [6.45, 7) is 1.73. The summed E-state index contributed by atoms with van der Waals surface area (Å²) in [5, 5.41) is 10.1. The van der Waals surface area contributed by atoms with Gasteiger partial charge in [0.15, 0.2) is 0 Å². The van der Waals surface area contributed by atoms with Crippen molar-refractivity contribution in [3.63, 3.8) is 0 Å². The third kappa shape index (κ3) is 4.02. The summed E-state index contributed by atoms with van der Waals surface area (Å²) in [5.74, 6) is -0.190. The SMILES string of the molecule is NC(=O)Nc1cc(-c2cc3ccccc3[nH]2)sc1C(=O)N[C@H]1CCCCNC1. The Hall–Kier alpha value is -2.84. The van der Waals surface area contributed by atoms with Crippen LogP contribution in [-0.4, -0.2) is 36.1 Å². The van der Waals surface area contributed by atoms with E-state index in [1.54, 1.807) is 6.07 Å². The molecule has 146 valence electrons.